The topological polar surface area (TPSA) is 38.7 Å². The number of benzene rings is 1. The Hall–Kier alpha value is -0.550. The van der Waals surface area contributed by atoms with Crippen molar-refractivity contribution in [1.29, 1.82) is 0 Å². The molecule has 26 heavy (non-hydrogen) atoms. The highest BCUT2D eigenvalue weighted by Gasteiger charge is 2.50. The fourth-order valence-corrected chi connectivity index (χ4v) is 4.44. The Morgan fingerprint density at radius 2 is 1.42 bits per heavy atom. The van der Waals surface area contributed by atoms with E-state index in [4.69, 9.17) is 8.92 Å². The van der Waals surface area contributed by atoms with E-state index in [1.54, 1.807) is 13.8 Å². The molecule has 0 atom stereocenters. The van der Waals surface area contributed by atoms with Crippen LogP contribution in [0, 0.1) is 0 Å². The fourth-order valence-electron chi connectivity index (χ4n) is 3.64. The van der Waals surface area contributed by atoms with E-state index >= 15 is 0 Å². The Morgan fingerprint density at radius 3 is 1.88 bits per heavy atom. The molecule has 4 heteroatoms. The lowest BCUT2D eigenvalue weighted by molar-refractivity contribution is -0.151. The zero-order valence-corrected chi connectivity index (χ0v) is 18.5. The third-order valence-electron chi connectivity index (χ3n) is 6.47. The molecular formula is C22H36O3S. The summed E-state index contributed by atoms with van der Waals surface area (Å²) in [5.74, 6) is 0. The third-order valence-corrected chi connectivity index (χ3v) is 7.41. The van der Waals surface area contributed by atoms with Crippen molar-refractivity contribution in [1.82, 2.24) is 0 Å². The Morgan fingerprint density at radius 1 is 0.923 bits per heavy atom. The quantitative estimate of drug-likeness (QED) is 0.536. The second-order valence-electron chi connectivity index (χ2n) is 8.45. The van der Waals surface area contributed by atoms with Gasteiger partial charge in [-0.15, -0.1) is 0 Å². The van der Waals surface area contributed by atoms with E-state index in [9.17, 15) is 5.11 Å². The molecule has 148 valence electrons. The maximum atomic E-state index is 10.3. The highest BCUT2D eigenvalue weighted by Crippen LogP contribution is 2.54. The van der Waals surface area contributed by atoms with Gasteiger partial charge < -0.3 is 14.0 Å². The molecule has 0 unspecified atom stereocenters. The minimum atomic E-state index is -0.921. The lowest BCUT2D eigenvalue weighted by atomic mass is 9.83. The Kier molecular flexibility index (Phi) is 6.24. The largest absolute Gasteiger partial charge is 0.387 e. The first-order valence-corrected chi connectivity index (χ1v) is 10.7. The van der Waals surface area contributed by atoms with Crippen LogP contribution in [-0.4, -0.2) is 16.3 Å². The number of aliphatic hydroxyl groups is 1. The van der Waals surface area contributed by atoms with Gasteiger partial charge in [0.1, 0.15) is 5.60 Å². The first kappa shape index (κ1) is 21.7. The number of fused-ring (bicyclic) bond motifs is 1. The Labute approximate surface area is 164 Å². The standard InChI is InChI=1S/C22H36O3S/c1-9-21(10-2)17-14-13-16(26-25-20(7,8)19(5,6)23)15-18(17)22(11-3,12-4)24-21/h13-15,23H,9-12H2,1-8H3. The predicted molar refractivity (Wildman–Crippen MR) is 109 cm³/mol. The molecule has 0 aliphatic carbocycles. The normalized spacial score (nSPS) is 18.8. The SMILES string of the molecule is CCC1(CC)OC(CC)(CC)c2cc(SOC(C)(C)C(C)(C)O)ccc21. The summed E-state index contributed by atoms with van der Waals surface area (Å²) >= 11 is 1.34. The molecular weight excluding hydrogens is 344 g/mol. The predicted octanol–water partition coefficient (Wildman–Crippen LogP) is 6.32. The zero-order chi connectivity index (χ0) is 19.8. The summed E-state index contributed by atoms with van der Waals surface area (Å²) in [6.07, 6.45) is 3.88. The van der Waals surface area contributed by atoms with E-state index in [-0.39, 0.29) is 11.2 Å². The molecule has 0 bridgehead atoms. The third kappa shape index (κ3) is 3.58. The van der Waals surface area contributed by atoms with E-state index in [1.807, 2.05) is 13.8 Å². The van der Waals surface area contributed by atoms with Crippen molar-refractivity contribution in [2.45, 2.75) is 108 Å². The van der Waals surface area contributed by atoms with Crippen molar-refractivity contribution < 1.29 is 14.0 Å². The molecule has 1 N–H and O–H groups in total. The van der Waals surface area contributed by atoms with E-state index in [2.05, 4.69) is 45.9 Å². The van der Waals surface area contributed by atoms with Crippen LogP contribution in [0.25, 0.3) is 0 Å². The van der Waals surface area contributed by atoms with Crippen molar-refractivity contribution in [2.24, 2.45) is 0 Å². The first-order chi connectivity index (χ1) is 12.0. The van der Waals surface area contributed by atoms with E-state index in [1.165, 1.54) is 23.2 Å². The average Bonchev–Trinajstić information content (AvgIpc) is 2.89. The number of hydrogen-bond donors (Lipinski definition) is 1. The van der Waals surface area contributed by atoms with Crippen LogP contribution in [-0.2, 0) is 20.1 Å². The van der Waals surface area contributed by atoms with E-state index in [0.29, 0.717) is 0 Å². The van der Waals surface area contributed by atoms with Gasteiger partial charge in [0, 0.05) is 16.9 Å². The minimum absolute atomic E-state index is 0.183. The van der Waals surface area contributed by atoms with Gasteiger partial charge in [0.15, 0.2) is 0 Å². The van der Waals surface area contributed by atoms with Crippen LogP contribution >= 0.6 is 12.0 Å². The van der Waals surface area contributed by atoms with Crippen LogP contribution < -0.4 is 0 Å². The first-order valence-electron chi connectivity index (χ1n) is 9.94. The fraction of sp³-hybridized carbons (Fsp3) is 0.727. The molecule has 1 heterocycles. The van der Waals surface area contributed by atoms with E-state index < -0.39 is 11.2 Å². The van der Waals surface area contributed by atoms with Gasteiger partial charge in [0.2, 0.25) is 0 Å². The molecule has 0 amide bonds. The molecule has 3 nitrogen and oxygen atoms in total. The lowest BCUT2D eigenvalue weighted by Gasteiger charge is -2.36. The molecule has 0 aromatic heterocycles. The van der Waals surface area contributed by atoms with Crippen LogP contribution in [0.1, 0.15) is 92.2 Å². The van der Waals surface area contributed by atoms with Gasteiger partial charge in [-0.25, -0.2) is 0 Å². The van der Waals surface area contributed by atoms with Crippen LogP contribution in [0.15, 0.2) is 23.1 Å². The van der Waals surface area contributed by atoms with Crippen molar-refractivity contribution in [3.8, 4) is 0 Å². The molecule has 0 radical (unpaired) electrons. The van der Waals surface area contributed by atoms with Crippen molar-refractivity contribution >= 4 is 12.0 Å². The van der Waals surface area contributed by atoms with Crippen LogP contribution in [0.2, 0.25) is 0 Å². The van der Waals surface area contributed by atoms with Crippen molar-refractivity contribution in [3.05, 3.63) is 29.3 Å². The maximum Gasteiger partial charge on any atom is 0.106 e. The minimum Gasteiger partial charge on any atom is -0.387 e. The van der Waals surface area contributed by atoms with Crippen molar-refractivity contribution in [3.63, 3.8) is 0 Å². The average molecular weight is 381 g/mol. The highest BCUT2D eigenvalue weighted by molar-refractivity contribution is 7.94. The molecule has 2 rings (SSSR count). The van der Waals surface area contributed by atoms with Gasteiger partial charge in [-0.05, 0) is 76.6 Å². The Balaban J connectivity index is 2.39. The molecule has 0 fully saturated rings. The summed E-state index contributed by atoms with van der Waals surface area (Å²) < 4.78 is 12.8. The van der Waals surface area contributed by atoms with Gasteiger partial charge in [-0.2, -0.15) is 0 Å². The van der Waals surface area contributed by atoms with Gasteiger partial charge >= 0.3 is 0 Å². The summed E-state index contributed by atoms with van der Waals surface area (Å²) in [4.78, 5) is 1.05. The number of hydrogen-bond acceptors (Lipinski definition) is 4. The Bertz CT molecular complexity index is 623. The maximum absolute atomic E-state index is 10.3. The van der Waals surface area contributed by atoms with Gasteiger partial charge in [0.05, 0.1) is 16.8 Å². The summed E-state index contributed by atoms with van der Waals surface area (Å²) in [5, 5.41) is 10.3. The molecule has 0 spiro atoms. The van der Waals surface area contributed by atoms with Crippen LogP contribution in [0.5, 0.6) is 0 Å². The molecule has 1 aromatic carbocycles. The molecule has 1 aromatic rings. The molecule has 0 saturated carbocycles. The lowest BCUT2D eigenvalue weighted by Crippen LogP contribution is -2.45. The summed E-state index contributed by atoms with van der Waals surface area (Å²) in [5.41, 5.74) is 0.659. The second kappa shape index (κ2) is 7.46. The van der Waals surface area contributed by atoms with Gasteiger partial charge in [0.25, 0.3) is 0 Å². The summed E-state index contributed by atoms with van der Waals surface area (Å²) in [6.45, 7) is 16.2. The van der Waals surface area contributed by atoms with Gasteiger partial charge in [-0.3, -0.25) is 0 Å². The number of rotatable bonds is 8. The summed E-state index contributed by atoms with van der Waals surface area (Å²) in [6, 6.07) is 6.58. The summed E-state index contributed by atoms with van der Waals surface area (Å²) in [7, 11) is 0. The smallest absolute Gasteiger partial charge is 0.106 e. The molecule has 1 aliphatic rings. The van der Waals surface area contributed by atoms with Crippen LogP contribution in [0.4, 0.5) is 0 Å². The zero-order valence-electron chi connectivity index (χ0n) is 17.7. The van der Waals surface area contributed by atoms with Crippen LogP contribution in [0.3, 0.4) is 0 Å². The second-order valence-corrected chi connectivity index (χ2v) is 9.25. The van der Waals surface area contributed by atoms with Gasteiger partial charge in [-0.1, -0.05) is 33.8 Å². The number of ether oxygens (including phenoxy) is 1. The van der Waals surface area contributed by atoms with Crippen molar-refractivity contribution in [2.75, 3.05) is 0 Å². The highest BCUT2D eigenvalue weighted by atomic mass is 32.2. The monoisotopic (exact) mass is 380 g/mol. The van der Waals surface area contributed by atoms with E-state index in [0.717, 1.165) is 30.6 Å². The molecule has 1 aliphatic heterocycles. The molecule has 0 saturated heterocycles.